The molecule has 0 saturated heterocycles. The SMILES string of the molecule is CCCCCCCCCCCCCCn1c[n+](-c2ccccc2)cn1.O=S(=O)([N-]S(=O)(=O)C(F)(F)F)C(F)(F)F. The normalized spacial score (nSPS) is 12.7. The van der Waals surface area contributed by atoms with E-state index in [0.717, 1.165) is 10.7 Å². The monoisotopic (exact) mass is 622 g/mol. The van der Waals surface area contributed by atoms with E-state index in [-0.39, 0.29) is 0 Å². The predicted octanol–water partition coefficient (Wildman–Crippen LogP) is 6.92. The van der Waals surface area contributed by atoms with Gasteiger partial charge in [-0.25, -0.2) is 21.4 Å². The first-order valence-corrected chi connectivity index (χ1v) is 15.8. The fraction of sp³-hybridized carbons (Fsp3) is 0.667. The average Bonchev–Trinajstić information content (AvgIpc) is 3.33. The lowest BCUT2D eigenvalue weighted by atomic mass is 10.1. The van der Waals surface area contributed by atoms with Crippen molar-refractivity contribution < 1.29 is 47.7 Å². The van der Waals surface area contributed by atoms with Gasteiger partial charge in [0.1, 0.15) is 12.2 Å². The van der Waals surface area contributed by atoms with Crippen LogP contribution < -0.4 is 4.57 Å². The van der Waals surface area contributed by atoms with Crippen LogP contribution in [0, 0.1) is 0 Å². The van der Waals surface area contributed by atoms with E-state index in [0.29, 0.717) is 0 Å². The molecule has 0 radical (unpaired) electrons. The van der Waals surface area contributed by atoms with Crippen molar-refractivity contribution in [2.45, 2.75) is 102 Å². The van der Waals surface area contributed by atoms with E-state index in [2.05, 4.69) is 51.9 Å². The molecule has 1 heterocycles. The van der Waals surface area contributed by atoms with Crippen molar-refractivity contribution in [1.29, 1.82) is 0 Å². The molecule has 0 N–H and O–H groups in total. The number of benzene rings is 1. The summed E-state index contributed by atoms with van der Waals surface area (Å²) in [4.78, 5) is 0. The smallest absolute Gasteiger partial charge is 0.421 e. The molecule has 0 aliphatic rings. The van der Waals surface area contributed by atoms with E-state index in [1.165, 1.54) is 82.7 Å². The highest BCUT2D eigenvalue weighted by molar-refractivity contribution is 8.13. The van der Waals surface area contributed by atoms with Crippen molar-refractivity contribution in [2.75, 3.05) is 0 Å². The van der Waals surface area contributed by atoms with Crippen LogP contribution in [0.4, 0.5) is 26.3 Å². The molecule has 1 aromatic heterocycles. The molecule has 0 spiro atoms. The molecule has 2 rings (SSSR count). The molecule has 0 atom stereocenters. The second kappa shape index (κ2) is 16.9. The van der Waals surface area contributed by atoms with E-state index in [1.807, 2.05) is 12.4 Å². The number of rotatable bonds is 16. The minimum absolute atomic E-state index is 0.778. The van der Waals surface area contributed by atoms with Crippen LogP contribution in [0.3, 0.4) is 0 Å². The van der Waals surface area contributed by atoms with Crippen LogP contribution in [0.2, 0.25) is 0 Å². The van der Waals surface area contributed by atoms with Gasteiger partial charge in [-0.2, -0.15) is 26.3 Å². The topological polar surface area (TPSA) is 104 Å². The maximum absolute atomic E-state index is 11.4. The van der Waals surface area contributed by atoms with E-state index >= 15 is 0 Å². The van der Waals surface area contributed by atoms with Crippen LogP contribution in [0.1, 0.15) is 84.0 Å². The van der Waals surface area contributed by atoms with Crippen LogP contribution in [0.15, 0.2) is 43.0 Å². The number of halogens is 6. The Hall–Kier alpha value is -2.20. The molecule has 0 amide bonds. The predicted molar refractivity (Wildman–Crippen MR) is 138 cm³/mol. The van der Waals surface area contributed by atoms with Gasteiger partial charge in [0, 0.05) is 5.10 Å². The summed E-state index contributed by atoms with van der Waals surface area (Å²) in [6, 6.07) is 10.4. The van der Waals surface area contributed by atoms with E-state index in [4.69, 9.17) is 0 Å². The van der Waals surface area contributed by atoms with Crippen molar-refractivity contribution in [3.05, 3.63) is 47.1 Å². The molecule has 0 aliphatic heterocycles. The van der Waals surface area contributed by atoms with Gasteiger partial charge in [-0.3, -0.25) is 0 Å². The summed E-state index contributed by atoms with van der Waals surface area (Å²) in [5.41, 5.74) is -11.2. The van der Waals surface area contributed by atoms with Gasteiger partial charge in [0.25, 0.3) is 6.33 Å². The van der Waals surface area contributed by atoms with Gasteiger partial charge in [0.2, 0.25) is 6.33 Å². The Kier molecular flexibility index (Phi) is 15.2. The third kappa shape index (κ3) is 13.4. The second-order valence-corrected chi connectivity index (χ2v) is 12.5. The lowest BCUT2D eigenvalue weighted by Gasteiger charge is -2.22. The summed E-state index contributed by atoms with van der Waals surface area (Å²) in [5, 5.41) is 4.46. The number of aryl methyl sites for hydroxylation is 1. The molecule has 0 unspecified atom stereocenters. The van der Waals surface area contributed by atoms with Gasteiger partial charge < -0.3 is 4.13 Å². The Morgan fingerprint density at radius 2 is 1.15 bits per heavy atom. The van der Waals surface area contributed by atoms with Crippen molar-refractivity contribution in [3.63, 3.8) is 0 Å². The third-order valence-corrected chi connectivity index (χ3v) is 8.40. The first-order valence-electron chi connectivity index (χ1n) is 13.0. The molecule has 230 valence electrons. The first kappa shape index (κ1) is 35.8. The van der Waals surface area contributed by atoms with Gasteiger partial charge in [-0.15, -0.1) is 4.68 Å². The largest absolute Gasteiger partial charge is 0.480 e. The lowest BCUT2D eigenvalue weighted by molar-refractivity contribution is -0.596. The number of unbranched alkanes of at least 4 members (excludes halogenated alkanes) is 11. The highest BCUT2D eigenvalue weighted by Gasteiger charge is 2.46. The summed E-state index contributed by atoms with van der Waals surface area (Å²) in [7, 11) is -13.4. The molecule has 40 heavy (non-hydrogen) atoms. The fourth-order valence-electron chi connectivity index (χ4n) is 3.50. The number of sulfonamides is 2. The minimum atomic E-state index is -6.72. The van der Waals surface area contributed by atoms with Crippen LogP contribution in [0.25, 0.3) is 9.81 Å². The molecule has 1 aromatic carbocycles. The molecule has 2 aromatic rings. The zero-order valence-electron chi connectivity index (χ0n) is 22.2. The summed E-state index contributed by atoms with van der Waals surface area (Å²) >= 11 is 0. The van der Waals surface area contributed by atoms with Crippen molar-refractivity contribution in [1.82, 2.24) is 9.78 Å². The Morgan fingerprint density at radius 3 is 1.57 bits per heavy atom. The maximum Gasteiger partial charge on any atom is 0.480 e. The number of aromatic nitrogens is 3. The van der Waals surface area contributed by atoms with Crippen molar-refractivity contribution in [2.24, 2.45) is 0 Å². The first-order chi connectivity index (χ1) is 18.6. The highest BCUT2D eigenvalue weighted by Crippen LogP contribution is 2.36. The summed E-state index contributed by atoms with van der Waals surface area (Å²) in [6.07, 6.45) is 20.7. The van der Waals surface area contributed by atoms with Gasteiger partial charge in [-0.05, 0) is 18.6 Å². The molecular weight excluding hydrogens is 586 g/mol. The quantitative estimate of drug-likeness (QED) is 0.115. The van der Waals surface area contributed by atoms with E-state index in [9.17, 15) is 43.2 Å². The lowest BCUT2D eigenvalue weighted by Crippen LogP contribution is -2.30. The van der Waals surface area contributed by atoms with Crippen LogP contribution >= 0.6 is 0 Å². The Balaban J connectivity index is 0.000000459. The number of hydrogen-bond acceptors (Lipinski definition) is 5. The number of nitrogens with zero attached hydrogens (tertiary/aromatic N) is 4. The van der Waals surface area contributed by atoms with E-state index < -0.39 is 31.1 Å². The summed E-state index contributed by atoms with van der Waals surface area (Å²) in [6.45, 7) is 3.31. The van der Waals surface area contributed by atoms with Gasteiger partial charge in [0.05, 0.1) is 0 Å². The van der Waals surface area contributed by atoms with Crippen LogP contribution in [-0.4, -0.2) is 37.6 Å². The molecule has 0 bridgehead atoms. The van der Waals surface area contributed by atoms with Crippen LogP contribution in [0.5, 0.6) is 0 Å². The van der Waals surface area contributed by atoms with E-state index in [1.54, 1.807) is 0 Å². The standard InChI is InChI=1S/C22H36N3.C2F6NO4S2/c1-2-3-4-5-6-7-8-9-10-11-12-16-19-25-21-24(20-23-25)22-17-14-13-15-18-22;3-1(4,5)14(10,11)9-15(12,13)2(6,7)8/h13-15,17-18,20-21H,2-12,16,19H2,1H3;/q+1;-1. The Bertz CT molecular complexity index is 1140. The molecule has 0 saturated carbocycles. The van der Waals surface area contributed by atoms with Gasteiger partial charge >= 0.3 is 11.0 Å². The molecule has 0 aliphatic carbocycles. The summed E-state index contributed by atoms with van der Waals surface area (Å²) < 4.78 is 113. The number of hydrogen-bond donors (Lipinski definition) is 0. The minimum Gasteiger partial charge on any atom is -0.421 e. The molecule has 0 fully saturated rings. The third-order valence-electron chi connectivity index (χ3n) is 5.66. The summed E-state index contributed by atoms with van der Waals surface area (Å²) in [5.74, 6) is 0. The number of para-hydroxylation sites is 1. The van der Waals surface area contributed by atoms with Crippen LogP contribution in [-0.2, 0) is 26.6 Å². The zero-order chi connectivity index (χ0) is 30.3. The van der Waals surface area contributed by atoms with Crippen molar-refractivity contribution in [3.8, 4) is 5.69 Å². The number of alkyl halides is 6. The van der Waals surface area contributed by atoms with Gasteiger partial charge in [-0.1, -0.05) is 95.8 Å². The maximum atomic E-state index is 11.4. The molecule has 16 heteroatoms. The Labute approximate surface area is 231 Å². The van der Waals surface area contributed by atoms with Gasteiger partial charge in [0.15, 0.2) is 20.0 Å². The Morgan fingerprint density at radius 1 is 0.725 bits per heavy atom. The van der Waals surface area contributed by atoms with Crippen molar-refractivity contribution >= 4 is 20.0 Å². The second-order valence-electron chi connectivity index (χ2n) is 9.06. The zero-order valence-corrected chi connectivity index (χ0v) is 23.9. The average molecular weight is 623 g/mol. The highest BCUT2D eigenvalue weighted by atomic mass is 32.3. The molecular formula is C24H36F6N4O4S2. The fourth-order valence-corrected chi connectivity index (χ4v) is 5.21. The molecule has 8 nitrogen and oxygen atoms in total.